The first-order valence-electron chi connectivity index (χ1n) is 4.23. The first-order chi connectivity index (χ1) is 6.72. The van der Waals surface area contributed by atoms with E-state index in [2.05, 4.69) is 10.1 Å². The third-order valence-corrected chi connectivity index (χ3v) is 2.29. The highest BCUT2D eigenvalue weighted by atomic mass is 16.1. The van der Waals surface area contributed by atoms with Gasteiger partial charge in [-0.05, 0) is 25.1 Å². The van der Waals surface area contributed by atoms with Crippen molar-refractivity contribution in [1.29, 1.82) is 0 Å². The Morgan fingerprint density at radius 3 is 3.00 bits per heavy atom. The Morgan fingerprint density at radius 1 is 1.50 bits per heavy atom. The number of aliphatic imine (C=N–C) groups is 1. The van der Waals surface area contributed by atoms with Gasteiger partial charge in [-0.25, -0.2) is 4.79 Å². The molecule has 0 saturated heterocycles. The molecule has 0 spiro atoms. The lowest BCUT2D eigenvalue weighted by Gasteiger charge is -1.92. The largest absolute Gasteiger partial charge is 0.272 e. The van der Waals surface area contributed by atoms with Gasteiger partial charge in [0.2, 0.25) is 6.08 Å². The van der Waals surface area contributed by atoms with Gasteiger partial charge in [0.05, 0.1) is 11.2 Å². The second-order valence-electron chi connectivity index (χ2n) is 3.11. The molecule has 70 valence electrons. The van der Waals surface area contributed by atoms with Crippen LogP contribution in [0.2, 0.25) is 0 Å². The number of nitrogens with zero attached hydrogens (tertiary/aromatic N) is 3. The Labute approximate surface area is 80.9 Å². The van der Waals surface area contributed by atoms with Crippen molar-refractivity contribution >= 4 is 22.7 Å². The van der Waals surface area contributed by atoms with Crippen LogP contribution in [0.4, 0.5) is 5.69 Å². The highest BCUT2D eigenvalue weighted by Crippen LogP contribution is 2.22. The quantitative estimate of drug-likeness (QED) is 0.505. The summed E-state index contributed by atoms with van der Waals surface area (Å²) in [5, 5.41) is 5.31. The van der Waals surface area contributed by atoms with Crippen molar-refractivity contribution in [3.63, 3.8) is 0 Å². The first kappa shape index (κ1) is 8.66. The van der Waals surface area contributed by atoms with Crippen LogP contribution in [0.5, 0.6) is 0 Å². The van der Waals surface area contributed by atoms with E-state index in [9.17, 15) is 4.79 Å². The van der Waals surface area contributed by atoms with Crippen LogP contribution in [0.1, 0.15) is 5.69 Å². The highest BCUT2D eigenvalue weighted by molar-refractivity contribution is 5.84. The van der Waals surface area contributed by atoms with E-state index in [-0.39, 0.29) is 0 Å². The van der Waals surface area contributed by atoms with E-state index < -0.39 is 0 Å². The van der Waals surface area contributed by atoms with Crippen LogP contribution in [0.15, 0.2) is 23.2 Å². The summed E-state index contributed by atoms with van der Waals surface area (Å²) in [6, 6.07) is 5.43. The molecule has 0 atom stereocenters. The number of isocyanates is 1. The molecule has 0 N–H and O–H groups in total. The maximum absolute atomic E-state index is 10.1. The fourth-order valence-electron chi connectivity index (χ4n) is 1.43. The first-order valence-corrected chi connectivity index (χ1v) is 4.23. The van der Waals surface area contributed by atoms with Crippen LogP contribution >= 0.6 is 0 Å². The molecule has 1 aromatic carbocycles. The van der Waals surface area contributed by atoms with Gasteiger partial charge in [0.1, 0.15) is 0 Å². The van der Waals surface area contributed by atoms with Crippen molar-refractivity contribution in [3.05, 3.63) is 23.9 Å². The number of hydrogen-bond acceptors (Lipinski definition) is 3. The fraction of sp³-hybridized carbons (Fsp3) is 0.200. The van der Waals surface area contributed by atoms with Gasteiger partial charge in [-0.2, -0.15) is 10.1 Å². The van der Waals surface area contributed by atoms with Crippen molar-refractivity contribution in [1.82, 2.24) is 9.78 Å². The van der Waals surface area contributed by atoms with Crippen molar-refractivity contribution in [2.45, 2.75) is 6.92 Å². The Hall–Kier alpha value is -1.93. The molecule has 0 unspecified atom stereocenters. The Morgan fingerprint density at radius 2 is 2.29 bits per heavy atom. The minimum Gasteiger partial charge on any atom is -0.272 e. The minimum atomic E-state index is 0.614. The Kier molecular flexibility index (Phi) is 1.91. The van der Waals surface area contributed by atoms with E-state index in [0.29, 0.717) is 5.69 Å². The summed E-state index contributed by atoms with van der Waals surface area (Å²) >= 11 is 0. The molecule has 1 heterocycles. The molecule has 0 aliphatic carbocycles. The Bertz CT molecular complexity index is 536. The summed E-state index contributed by atoms with van der Waals surface area (Å²) in [5.74, 6) is 0. The smallest absolute Gasteiger partial charge is 0.240 e. The van der Waals surface area contributed by atoms with Gasteiger partial charge in [-0.1, -0.05) is 0 Å². The molecule has 0 radical (unpaired) electrons. The van der Waals surface area contributed by atoms with E-state index in [1.165, 1.54) is 6.08 Å². The summed E-state index contributed by atoms with van der Waals surface area (Å²) in [4.78, 5) is 13.7. The van der Waals surface area contributed by atoms with E-state index in [0.717, 1.165) is 16.6 Å². The van der Waals surface area contributed by atoms with Gasteiger partial charge in [-0.3, -0.25) is 4.68 Å². The molecule has 4 nitrogen and oxygen atoms in total. The van der Waals surface area contributed by atoms with Gasteiger partial charge >= 0.3 is 0 Å². The second kappa shape index (κ2) is 3.09. The van der Waals surface area contributed by atoms with Crippen molar-refractivity contribution in [2.24, 2.45) is 12.0 Å². The van der Waals surface area contributed by atoms with Crippen LogP contribution in [0.3, 0.4) is 0 Å². The molecule has 4 heteroatoms. The molecule has 0 aliphatic rings. The minimum absolute atomic E-state index is 0.614. The molecule has 0 fully saturated rings. The molecule has 2 aromatic rings. The molecular weight excluding hydrogens is 178 g/mol. The van der Waals surface area contributed by atoms with Crippen molar-refractivity contribution in [3.8, 4) is 0 Å². The maximum atomic E-state index is 10.1. The molecule has 1 aromatic heterocycles. The lowest BCUT2D eigenvalue weighted by atomic mass is 10.2. The fourth-order valence-corrected chi connectivity index (χ4v) is 1.43. The van der Waals surface area contributed by atoms with E-state index in [4.69, 9.17) is 0 Å². The number of benzene rings is 1. The van der Waals surface area contributed by atoms with Crippen LogP contribution in [0, 0.1) is 6.92 Å². The molecule has 14 heavy (non-hydrogen) atoms. The summed E-state index contributed by atoms with van der Waals surface area (Å²) in [5.41, 5.74) is 2.58. The van der Waals surface area contributed by atoms with E-state index in [1.807, 2.05) is 26.1 Å². The molecule has 0 aliphatic heterocycles. The van der Waals surface area contributed by atoms with Crippen LogP contribution in [-0.2, 0) is 11.8 Å². The molecule has 0 amide bonds. The number of carbonyl (C=O) groups excluding carboxylic acids is 1. The van der Waals surface area contributed by atoms with E-state index in [1.54, 1.807) is 10.7 Å². The number of aryl methyl sites for hydroxylation is 2. The van der Waals surface area contributed by atoms with Gasteiger partial charge in [0.25, 0.3) is 0 Å². The third-order valence-electron chi connectivity index (χ3n) is 2.29. The average Bonchev–Trinajstić information content (AvgIpc) is 2.45. The predicted molar refractivity (Wildman–Crippen MR) is 53.2 cm³/mol. The number of hydrogen-bond donors (Lipinski definition) is 0. The van der Waals surface area contributed by atoms with E-state index >= 15 is 0 Å². The highest BCUT2D eigenvalue weighted by Gasteiger charge is 2.04. The zero-order valence-corrected chi connectivity index (χ0v) is 7.98. The van der Waals surface area contributed by atoms with Crippen LogP contribution in [-0.4, -0.2) is 15.9 Å². The molecular formula is C10H9N3O. The normalized spacial score (nSPS) is 10.1. The van der Waals surface area contributed by atoms with Gasteiger partial charge in [0, 0.05) is 18.1 Å². The standard InChI is InChI=1S/C10H9N3O/c1-7-9-5-8(11-6-14)3-4-10(9)12-13(7)2/h3-5H,1-2H3. The summed E-state index contributed by atoms with van der Waals surface area (Å²) < 4.78 is 1.80. The summed E-state index contributed by atoms with van der Waals surface area (Å²) in [6.07, 6.45) is 1.52. The molecule has 0 bridgehead atoms. The second-order valence-corrected chi connectivity index (χ2v) is 3.11. The number of aromatic nitrogens is 2. The summed E-state index contributed by atoms with van der Waals surface area (Å²) in [7, 11) is 1.89. The lowest BCUT2D eigenvalue weighted by molar-refractivity contribution is 0.565. The number of rotatable bonds is 1. The van der Waals surface area contributed by atoms with Crippen molar-refractivity contribution in [2.75, 3.05) is 0 Å². The monoisotopic (exact) mass is 187 g/mol. The van der Waals surface area contributed by atoms with Gasteiger partial charge < -0.3 is 0 Å². The third kappa shape index (κ3) is 1.22. The topological polar surface area (TPSA) is 47.2 Å². The number of fused-ring (bicyclic) bond motifs is 1. The van der Waals surface area contributed by atoms with Gasteiger partial charge in [0.15, 0.2) is 0 Å². The van der Waals surface area contributed by atoms with Crippen LogP contribution in [0.25, 0.3) is 10.9 Å². The van der Waals surface area contributed by atoms with Gasteiger partial charge in [-0.15, -0.1) is 0 Å². The van der Waals surface area contributed by atoms with Crippen LogP contribution < -0.4 is 0 Å². The van der Waals surface area contributed by atoms with Crippen molar-refractivity contribution < 1.29 is 4.79 Å². The molecule has 0 saturated carbocycles. The molecule has 2 rings (SSSR count). The average molecular weight is 187 g/mol. The lowest BCUT2D eigenvalue weighted by Crippen LogP contribution is -1.91. The summed E-state index contributed by atoms with van der Waals surface area (Å²) in [6.45, 7) is 1.98. The zero-order valence-electron chi connectivity index (χ0n) is 7.98. The Balaban J connectivity index is 2.75. The SMILES string of the molecule is Cc1c2cc(N=C=O)ccc2nn1C. The maximum Gasteiger partial charge on any atom is 0.240 e. The zero-order chi connectivity index (χ0) is 10.1. The predicted octanol–water partition coefficient (Wildman–Crippen LogP) is 1.85.